The van der Waals surface area contributed by atoms with Crippen molar-refractivity contribution in [3.05, 3.63) is 88.4 Å². The van der Waals surface area contributed by atoms with E-state index >= 15 is 0 Å². The summed E-state index contributed by atoms with van der Waals surface area (Å²) in [6.07, 6.45) is 0. The van der Waals surface area contributed by atoms with Crippen LogP contribution >= 0.6 is 11.6 Å². The van der Waals surface area contributed by atoms with Crippen LogP contribution in [0.2, 0.25) is 5.02 Å². The van der Waals surface area contributed by atoms with Crippen molar-refractivity contribution in [1.29, 1.82) is 0 Å². The molecule has 0 atom stereocenters. The zero-order chi connectivity index (χ0) is 21.9. The SMILES string of the molecule is Cc1ccc(S(=O)(=O)N(CC(=O)Nc2cccc(C)c2C)c2ccccc2Cl)cc1. The second-order valence-corrected chi connectivity index (χ2v) is 9.34. The lowest BCUT2D eigenvalue weighted by Gasteiger charge is -2.25. The third kappa shape index (κ3) is 4.66. The molecule has 0 unspecified atom stereocenters. The van der Waals surface area contributed by atoms with E-state index in [9.17, 15) is 13.2 Å². The van der Waals surface area contributed by atoms with E-state index < -0.39 is 22.5 Å². The van der Waals surface area contributed by atoms with Gasteiger partial charge in [-0.15, -0.1) is 0 Å². The Labute approximate surface area is 182 Å². The monoisotopic (exact) mass is 442 g/mol. The molecule has 0 saturated carbocycles. The van der Waals surface area contributed by atoms with Gasteiger partial charge in [-0.3, -0.25) is 9.10 Å². The summed E-state index contributed by atoms with van der Waals surface area (Å²) in [6.45, 7) is 5.32. The number of sulfonamides is 1. The minimum absolute atomic E-state index is 0.0903. The molecule has 30 heavy (non-hydrogen) atoms. The average Bonchev–Trinajstić information content (AvgIpc) is 2.70. The fraction of sp³-hybridized carbons (Fsp3) is 0.174. The van der Waals surface area contributed by atoms with E-state index in [1.54, 1.807) is 42.5 Å². The minimum Gasteiger partial charge on any atom is -0.324 e. The fourth-order valence-corrected chi connectivity index (χ4v) is 4.73. The topological polar surface area (TPSA) is 66.5 Å². The molecule has 3 aromatic carbocycles. The summed E-state index contributed by atoms with van der Waals surface area (Å²) in [5, 5.41) is 3.06. The number of benzene rings is 3. The summed E-state index contributed by atoms with van der Waals surface area (Å²) in [4.78, 5) is 12.9. The number of nitrogens with zero attached hydrogens (tertiary/aromatic N) is 1. The van der Waals surface area contributed by atoms with Crippen molar-refractivity contribution in [1.82, 2.24) is 0 Å². The molecule has 0 saturated heterocycles. The lowest BCUT2D eigenvalue weighted by molar-refractivity contribution is -0.114. The lowest BCUT2D eigenvalue weighted by atomic mass is 10.1. The Morgan fingerprint density at radius 3 is 2.27 bits per heavy atom. The van der Waals surface area contributed by atoms with E-state index in [1.165, 1.54) is 12.1 Å². The predicted molar refractivity (Wildman–Crippen MR) is 122 cm³/mol. The van der Waals surface area contributed by atoms with Gasteiger partial charge in [0, 0.05) is 5.69 Å². The number of hydrogen-bond acceptors (Lipinski definition) is 3. The van der Waals surface area contributed by atoms with Crippen LogP contribution in [0.4, 0.5) is 11.4 Å². The van der Waals surface area contributed by atoms with Gasteiger partial charge in [0.2, 0.25) is 5.91 Å². The molecule has 1 amide bonds. The molecule has 5 nitrogen and oxygen atoms in total. The molecule has 0 radical (unpaired) electrons. The van der Waals surface area contributed by atoms with Crippen molar-refractivity contribution in [3.63, 3.8) is 0 Å². The second kappa shape index (κ2) is 8.90. The van der Waals surface area contributed by atoms with Crippen LogP contribution in [0, 0.1) is 20.8 Å². The average molecular weight is 443 g/mol. The quantitative estimate of drug-likeness (QED) is 0.577. The van der Waals surface area contributed by atoms with Crippen LogP contribution in [0.3, 0.4) is 0 Å². The van der Waals surface area contributed by atoms with Gasteiger partial charge in [0.15, 0.2) is 0 Å². The maximum atomic E-state index is 13.4. The summed E-state index contributed by atoms with van der Waals surface area (Å²) in [7, 11) is -4.01. The molecule has 3 rings (SSSR count). The molecule has 0 aliphatic carbocycles. The Morgan fingerprint density at radius 1 is 0.933 bits per heavy atom. The van der Waals surface area contributed by atoms with E-state index in [4.69, 9.17) is 11.6 Å². The predicted octanol–water partition coefficient (Wildman–Crippen LogP) is 5.10. The second-order valence-electron chi connectivity index (χ2n) is 7.07. The highest BCUT2D eigenvalue weighted by Gasteiger charge is 2.28. The standard InChI is InChI=1S/C23H23ClN2O3S/c1-16-11-13-19(14-12-16)30(28,29)26(22-10-5-4-8-20(22)24)15-23(27)25-21-9-6-7-17(2)18(21)3/h4-14H,15H2,1-3H3,(H,25,27). The number of halogens is 1. The van der Waals surface area contributed by atoms with E-state index in [2.05, 4.69) is 5.32 Å². The molecule has 156 valence electrons. The van der Waals surface area contributed by atoms with Crippen LogP contribution in [0.25, 0.3) is 0 Å². The molecule has 0 fully saturated rings. The Balaban J connectivity index is 1.98. The first kappa shape index (κ1) is 21.9. The minimum atomic E-state index is -4.01. The number of aryl methyl sites for hydroxylation is 2. The largest absolute Gasteiger partial charge is 0.324 e. The van der Waals surface area contributed by atoms with Gasteiger partial charge in [0.05, 0.1) is 15.6 Å². The third-order valence-corrected chi connectivity index (χ3v) is 6.99. The maximum absolute atomic E-state index is 13.4. The summed E-state index contributed by atoms with van der Waals surface area (Å²) in [5.41, 5.74) is 3.79. The van der Waals surface area contributed by atoms with Crippen molar-refractivity contribution >= 4 is 38.9 Å². The van der Waals surface area contributed by atoms with E-state index in [0.717, 1.165) is 21.0 Å². The number of amides is 1. The van der Waals surface area contributed by atoms with Gasteiger partial charge in [-0.2, -0.15) is 0 Å². The molecule has 0 bridgehead atoms. The van der Waals surface area contributed by atoms with Crippen LogP contribution < -0.4 is 9.62 Å². The molecule has 0 aromatic heterocycles. The van der Waals surface area contributed by atoms with Crippen molar-refractivity contribution in [2.75, 3.05) is 16.2 Å². The van der Waals surface area contributed by atoms with Gasteiger partial charge >= 0.3 is 0 Å². The molecular formula is C23H23ClN2O3S. The van der Waals surface area contributed by atoms with Crippen LogP contribution in [0.15, 0.2) is 71.6 Å². The third-order valence-electron chi connectivity index (χ3n) is 4.90. The van der Waals surface area contributed by atoms with Gasteiger partial charge in [0.1, 0.15) is 6.54 Å². The number of nitrogens with one attached hydrogen (secondary N) is 1. The highest BCUT2D eigenvalue weighted by atomic mass is 35.5. The number of hydrogen-bond donors (Lipinski definition) is 1. The number of carbonyl (C=O) groups excluding carboxylic acids is 1. The summed E-state index contributed by atoms with van der Waals surface area (Å²) >= 11 is 6.29. The van der Waals surface area contributed by atoms with Gasteiger partial charge < -0.3 is 5.32 Å². The highest BCUT2D eigenvalue weighted by molar-refractivity contribution is 7.92. The Hall–Kier alpha value is -2.83. The summed E-state index contributed by atoms with van der Waals surface area (Å²) in [6, 6.07) is 18.6. The van der Waals surface area contributed by atoms with E-state index in [-0.39, 0.29) is 15.6 Å². The van der Waals surface area contributed by atoms with Gasteiger partial charge in [-0.1, -0.05) is 53.6 Å². The number of anilines is 2. The Kier molecular flexibility index (Phi) is 6.48. The molecule has 7 heteroatoms. The smallest absolute Gasteiger partial charge is 0.264 e. The fourth-order valence-electron chi connectivity index (χ4n) is 3.00. The van der Waals surface area contributed by atoms with Crippen LogP contribution in [-0.2, 0) is 14.8 Å². The van der Waals surface area contributed by atoms with Crippen molar-refractivity contribution in [2.24, 2.45) is 0 Å². The van der Waals surface area contributed by atoms with Gasteiger partial charge in [0.25, 0.3) is 10.0 Å². The molecule has 0 spiro atoms. The van der Waals surface area contributed by atoms with E-state index in [0.29, 0.717) is 5.69 Å². The number of para-hydroxylation sites is 1. The summed E-state index contributed by atoms with van der Waals surface area (Å²) < 4.78 is 27.8. The normalized spacial score (nSPS) is 11.2. The van der Waals surface area contributed by atoms with Gasteiger partial charge in [-0.05, 0) is 62.2 Å². The highest BCUT2D eigenvalue weighted by Crippen LogP contribution is 2.30. The van der Waals surface area contributed by atoms with Crippen molar-refractivity contribution in [2.45, 2.75) is 25.7 Å². The first-order valence-electron chi connectivity index (χ1n) is 9.40. The van der Waals surface area contributed by atoms with Gasteiger partial charge in [-0.25, -0.2) is 8.42 Å². The maximum Gasteiger partial charge on any atom is 0.264 e. The Morgan fingerprint density at radius 2 is 1.60 bits per heavy atom. The number of rotatable bonds is 6. The van der Waals surface area contributed by atoms with Crippen molar-refractivity contribution in [3.8, 4) is 0 Å². The first-order valence-corrected chi connectivity index (χ1v) is 11.2. The van der Waals surface area contributed by atoms with Crippen LogP contribution in [-0.4, -0.2) is 20.9 Å². The Bertz CT molecular complexity index is 1180. The number of carbonyl (C=O) groups is 1. The lowest BCUT2D eigenvalue weighted by Crippen LogP contribution is -2.38. The molecule has 0 heterocycles. The molecule has 0 aliphatic rings. The first-order chi connectivity index (χ1) is 14.2. The van der Waals surface area contributed by atoms with Crippen LogP contribution in [0.1, 0.15) is 16.7 Å². The molecule has 1 N–H and O–H groups in total. The van der Waals surface area contributed by atoms with E-state index in [1.807, 2.05) is 32.9 Å². The summed E-state index contributed by atoms with van der Waals surface area (Å²) in [5.74, 6) is -0.459. The van der Waals surface area contributed by atoms with Crippen LogP contribution in [0.5, 0.6) is 0 Å². The zero-order valence-corrected chi connectivity index (χ0v) is 18.6. The molecular weight excluding hydrogens is 420 g/mol. The zero-order valence-electron chi connectivity index (χ0n) is 17.0. The van der Waals surface area contributed by atoms with Crippen molar-refractivity contribution < 1.29 is 13.2 Å². The molecule has 3 aromatic rings. The molecule has 0 aliphatic heterocycles.